The molecule has 1 fully saturated rings. The average Bonchev–Trinajstić information content (AvgIpc) is 3.34. The molecule has 0 bridgehead atoms. The Hall–Kier alpha value is -2.62. The summed E-state index contributed by atoms with van der Waals surface area (Å²) in [6.45, 7) is 6.94. The third kappa shape index (κ3) is 7.45. The van der Waals surface area contributed by atoms with E-state index in [0.29, 0.717) is 31.7 Å². The van der Waals surface area contributed by atoms with Crippen molar-refractivity contribution in [3.63, 3.8) is 0 Å². The van der Waals surface area contributed by atoms with E-state index in [9.17, 15) is 9.59 Å². The topological polar surface area (TPSA) is 49.4 Å². The maximum atomic E-state index is 13.4. The van der Waals surface area contributed by atoms with Crippen LogP contribution in [0.25, 0.3) is 0 Å². The first-order valence-corrected chi connectivity index (χ1v) is 12.7. The van der Waals surface area contributed by atoms with Gasteiger partial charge in [0.2, 0.25) is 11.8 Å². The fourth-order valence-corrected chi connectivity index (χ4v) is 4.73. The molecule has 0 aliphatic heterocycles. The summed E-state index contributed by atoms with van der Waals surface area (Å²) in [6.07, 6.45) is 6.94. The second-order valence-electron chi connectivity index (χ2n) is 9.63. The van der Waals surface area contributed by atoms with Gasteiger partial charge in [-0.25, -0.2) is 0 Å². The number of carbonyl (C=O) groups is 2. The van der Waals surface area contributed by atoms with Gasteiger partial charge in [-0.3, -0.25) is 9.59 Å². The summed E-state index contributed by atoms with van der Waals surface area (Å²) in [6, 6.07) is 18.6. The van der Waals surface area contributed by atoms with Crippen molar-refractivity contribution in [1.29, 1.82) is 0 Å². The van der Waals surface area contributed by atoms with Gasteiger partial charge in [-0.1, -0.05) is 88.2 Å². The number of nitrogens with zero attached hydrogens (tertiary/aromatic N) is 1. The number of hydrogen-bond acceptors (Lipinski definition) is 2. The molecule has 0 saturated heterocycles. The molecule has 33 heavy (non-hydrogen) atoms. The number of amides is 2. The van der Waals surface area contributed by atoms with Crippen molar-refractivity contribution in [2.45, 2.75) is 90.1 Å². The van der Waals surface area contributed by atoms with Crippen LogP contribution in [0.4, 0.5) is 0 Å². The minimum Gasteiger partial charge on any atom is -0.352 e. The van der Waals surface area contributed by atoms with Gasteiger partial charge in [-0.2, -0.15) is 0 Å². The fraction of sp³-hybridized carbons (Fsp3) is 0.517. The summed E-state index contributed by atoms with van der Waals surface area (Å²) < 4.78 is 0. The van der Waals surface area contributed by atoms with Gasteiger partial charge >= 0.3 is 0 Å². The monoisotopic (exact) mass is 448 g/mol. The summed E-state index contributed by atoms with van der Waals surface area (Å²) in [5.74, 6) is 0.567. The van der Waals surface area contributed by atoms with Crippen LogP contribution in [0.3, 0.4) is 0 Å². The molecule has 1 N–H and O–H groups in total. The van der Waals surface area contributed by atoms with Crippen LogP contribution >= 0.6 is 0 Å². The van der Waals surface area contributed by atoms with Crippen molar-refractivity contribution in [3.05, 3.63) is 71.3 Å². The molecule has 1 aliphatic carbocycles. The van der Waals surface area contributed by atoms with E-state index in [4.69, 9.17) is 0 Å². The van der Waals surface area contributed by atoms with Gasteiger partial charge in [0.1, 0.15) is 6.04 Å². The Morgan fingerprint density at radius 3 is 2.18 bits per heavy atom. The molecule has 1 aliphatic rings. The molecule has 2 amide bonds. The van der Waals surface area contributed by atoms with E-state index in [1.165, 1.54) is 29.5 Å². The lowest BCUT2D eigenvalue weighted by atomic mass is 10.00. The number of carbonyl (C=O) groups excluding carboxylic acids is 2. The SMILES string of the molecule is CC[C@@H](C(=O)NC1CCCC1)N(CCc1ccccc1)C(=O)CCc1ccc(C(C)C)cc1. The van der Waals surface area contributed by atoms with E-state index < -0.39 is 6.04 Å². The molecule has 0 unspecified atom stereocenters. The van der Waals surface area contributed by atoms with E-state index >= 15 is 0 Å². The fourth-order valence-electron chi connectivity index (χ4n) is 4.73. The van der Waals surface area contributed by atoms with Crippen LogP contribution in [0.1, 0.15) is 81.9 Å². The van der Waals surface area contributed by atoms with Crippen LogP contribution in [0.2, 0.25) is 0 Å². The summed E-state index contributed by atoms with van der Waals surface area (Å²) in [5, 5.41) is 3.22. The van der Waals surface area contributed by atoms with E-state index in [1.54, 1.807) is 0 Å². The zero-order valence-corrected chi connectivity index (χ0v) is 20.6. The Bertz CT molecular complexity index is 870. The van der Waals surface area contributed by atoms with Crippen molar-refractivity contribution in [2.75, 3.05) is 6.54 Å². The van der Waals surface area contributed by atoms with Crippen LogP contribution in [0.15, 0.2) is 54.6 Å². The molecule has 4 heteroatoms. The molecular weight excluding hydrogens is 408 g/mol. The maximum Gasteiger partial charge on any atom is 0.243 e. The highest BCUT2D eigenvalue weighted by molar-refractivity contribution is 5.88. The third-order valence-corrected chi connectivity index (χ3v) is 6.85. The van der Waals surface area contributed by atoms with Gasteiger partial charge in [-0.15, -0.1) is 0 Å². The first-order valence-electron chi connectivity index (χ1n) is 12.7. The van der Waals surface area contributed by atoms with Gasteiger partial charge in [-0.05, 0) is 54.7 Å². The maximum absolute atomic E-state index is 13.4. The zero-order valence-electron chi connectivity index (χ0n) is 20.6. The van der Waals surface area contributed by atoms with Gasteiger partial charge < -0.3 is 10.2 Å². The second-order valence-corrected chi connectivity index (χ2v) is 9.63. The van der Waals surface area contributed by atoms with Crippen LogP contribution in [0, 0.1) is 0 Å². The molecule has 178 valence electrons. The summed E-state index contributed by atoms with van der Waals surface area (Å²) in [4.78, 5) is 28.4. The molecule has 1 saturated carbocycles. The lowest BCUT2D eigenvalue weighted by molar-refractivity contribution is -0.141. The lowest BCUT2D eigenvalue weighted by Crippen LogP contribution is -2.51. The Balaban J connectivity index is 1.68. The summed E-state index contributed by atoms with van der Waals surface area (Å²) >= 11 is 0. The molecule has 0 heterocycles. The van der Waals surface area contributed by atoms with Gasteiger partial charge in [0.25, 0.3) is 0 Å². The Kier molecular flexibility index (Phi) is 9.53. The van der Waals surface area contributed by atoms with E-state index in [1.807, 2.05) is 30.0 Å². The Labute approximate surface area is 199 Å². The number of rotatable bonds is 11. The van der Waals surface area contributed by atoms with E-state index in [2.05, 4.69) is 55.6 Å². The van der Waals surface area contributed by atoms with E-state index in [-0.39, 0.29) is 17.9 Å². The first kappa shape index (κ1) is 25.0. The predicted molar refractivity (Wildman–Crippen MR) is 135 cm³/mol. The smallest absolute Gasteiger partial charge is 0.243 e. The molecule has 2 aromatic rings. The standard InChI is InChI=1S/C29H40N2O2/c1-4-27(29(33)30-26-12-8-9-13-26)31(21-20-23-10-6-5-7-11-23)28(32)19-16-24-14-17-25(18-15-24)22(2)3/h5-7,10-11,14-15,17-18,22,26-27H,4,8-9,12-13,16,19-21H2,1-3H3,(H,30,33)/t27-/m0/s1. The molecule has 0 aromatic heterocycles. The molecule has 2 aromatic carbocycles. The van der Waals surface area contributed by atoms with Crippen LogP contribution in [-0.2, 0) is 22.4 Å². The predicted octanol–water partition coefficient (Wildman–Crippen LogP) is 5.65. The van der Waals surface area contributed by atoms with Crippen molar-refractivity contribution < 1.29 is 9.59 Å². The summed E-state index contributed by atoms with van der Waals surface area (Å²) in [7, 11) is 0. The first-order chi connectivity index (χ1) is 16.0. The van der Waals surface area contributed by atoms with Crippen molar-refractivity contribution in [2.24, 2.45) is 0 Å². The largest absolute Gasteiger partial charge is 0.352 e. The van der Waals surface area contributed by atoms with Gasteiger partial charge in [0.05, 0.1) is 0 Å². The van der Waals surface area contributed by atoms with Crippen LogP contribution in [-0.4, -0.2) is 35.3 Å². The molecule has 0 radical (unpaired) electrons. The number of nitrogens with one attached hydrogen (secondary N) is 1. The van der Waals surface area contributed by atoms with Gasteiger partial charge in [0.15, 0.2) is 0 Å². The number of hydrogen-bond donors (Lipinski definition) is 1. The lowest BCUT2D eigenvalue weighted by Gasteiger charge is -2.31. The minimum atomic E-state index is -0.412. The minimum absolute atomic E-state index is 0.00657. The van der Waals surface area contributed by atoms with Crippen LogP contribution < -0.4 is 5.32 Å². The zero-order chi connectivity index (χ0) is 23.6. The highest BCUT2D eigenvalue weighted by Crippen LogP contribution is 2.20. The van der Waals surface area contributed by atoms with E-state index in [0.717, 1.165) is 19.3 Å². The molecule has 4 nitrogen and oxygen atoms in total. The Morgan fingerprint density at radius 2 is 1.58 bits per heavy atom. The third-order valence-electron chi connectivity index (χ3n) is 6.85. The average molecular weight is 449 g/mol. The normalized spacial score (nSPS) is 14.9. The number of benzene rings is 2. The van der Waals surface area contributed by atoms with Crippen molar-refractivity contribution in [1.82, 2.24) is 10.2 Å². The highest BCUT2D eigenvalue weighted by Gasteiger charge is 2.30. The quantitative estimate of drug-likeness (QED) is 0.483. The van der Waals surface area contributed by atoms with Crippen molar-refractivity contribution >= 4 is 11.8 Å². The van der Waals surface area contributed by atoms with Crippen molar-refractivity contribution in [3.8, 4) is 0 Å². The molecule has 3 rings (SSSR count). The Morgan fingerprint density at radius 1 is 0.939 bits per heavy atom. The second kappa shape index (κ2) is 12.6. The number of aryl methyl sites for hydroxylation is 1. The summed E-state index contributed by atoms with van der Waals surface area (Å²) in [5.41, 5.74) is 3.66. The highest BCUT2D eigenvalue weighted by atomic mass is 16.2. The molecular formula is C29H40N2O2. The van der Waals surface area contributed by atoms with Crippen LogP contribution in [0.5, 0.6) is 0 Å². The molecule has 1 atom stereocenters. The molecule has 0 spiro atoms. The van der Waals surface area contributed by atoms with Gasteiger partial charge in [0, 0.05) is 19.0 Å².